The lowest BCUT2D eigenvalue weighted by Gasteiger charge is -2.35. The topological polar surface area (TPSA) is 64.0 Å². The molecule has 1 heterocycles. The third kappa shape index (κ3) is 3.79. The van der Waals surface area contributed by atoms with Crippen LogP contribution in [0.2, 0.25) is 0 Å². The van der Waals surface area contributed by atoms with Gasteiger partial charge in [0, 0.05) is 25.2 Å². The Hall–Kier alpha value is -0.590. The molecule has 1 saturated carbocycles. The Labute approximate surface area is 132 Å². The summed E-state index contributed by atoms with van der Waals surface area (Å²) < 4.78 is 29.3. The molecule has 1 N–H and O–H groups in total. The summed E-state index contributed by atoms with van der Waals surface area (Å²) in [5.74, 6) is 1.21. The average molecular weight is 334 g/mol. The van der Waals surface area contributed by atoms with Crippen LogP contribution in [0.15, 0.2) is 11.2 Å². The quantitative estimate of drug-likeness (QED) is 0.814. The van der Waals surface area contributed by atoms with Gasteiger partial charge in [0.25, 0.3) is 10.0 Å². The highest BCUT2D eigenvalue weighted by molar-refractivity contribution is 7.89. The number of imidazole rings is 1. The molecule has 21 heavy (non-hydrogen) atoms. The standard InChI is InChI=1S/C14H24ClN3O2S/c1-3-18-9-13(17-12(18)2)21(19,20)16-11-14(10-15)7-5-4-6-8-14/h9,16H,3-8,10-11H2,1-2H3. The first-order valence-electron chi connectivity index (χ1n) is 7.52. The smallest absolute Gasteiger partial charge is 0.259 e. The number of sulfonamides is 1. The van der Waals surface area contributed by atoms with Crippen molar-refractivity contribution in [2.45, 2.75) is 57.5 Å². The van der Waals surface area contributed by atoms with Gasteiger partial charge in [0.05, 0.1) is 0 Å². The van der Waals surface area contributed by atoms with Crippen molar-refractivity contribution in [3.8, 4) is 0 Å². The molecule has 2 rings (SSSR count). The Morgan fingerprint density at radius 1 is 1.38 bits per heavy atom. The number of aromatic nitrogens is 2. The summed E-state index contributed by atoms with van der Waals surface area (Å²) >= 11 is 6.11. The van der Waals surface area contributed by atoms with Crippen molar-refractivity contribution < 1.29 is 8.42 Å². The van der Waals surface area contributed by atoms with Crippen LogP contribution in [0, 0.1) is 12.3 Å². The van der Waals surface area contributed by atoms with Crippen molar-refractivity contribution in [2.24, 2.45) is 5.41 Å². The molecule has 0 atom stereocenters. The monoisotopic (exact) mass is 333 g/mol. The minimum Gasteiger partial charge on any atom is -0.334 e. The molecule has 0 bridgehead atoms. The Morgan fingerprint density at radius 2 is 2.05 bits per heavy atom. The molecule has 1 fully saturated rings. The summed E-state index contributed by atoms with van der Waals surface area (Å²) in [6, 6.07) is 0. The van der Waals surface area contributed by atoms with Crippen LogP contribution in [0.4, 0.5) is 0 Å². The van der Waals surface area contributed by atoms with Crippen LogP contribution in [0.3, 0.4) is 0 Å². The minimum absolute atomic E-state index is 0.0994. The minimum atomic E-state index is -3.56. The lowest BCUT2D eigenvalue weighted by molar-refractivity contribution is 0.223. The second kappa shape index (κ2) is 6.67. The van der Waals surface area contributed by atoms with Crippen LogP contribution >= 0.6 is 11.6 Å². The van der Waals surface area contributed by atoms with E-state index in [1.54, 1.807) is 6.20 Å². The predicted octanol–water partition coefficient (Wildman–Crippen LogP) is 2.68. The third-order valence-electron chi connectivity index (χ3n) is 4.40. The molecule has 1 aliphatic rings. The number of hydrogen-bond acceptors (Lipinski definition) is 3. The van der Waals surface area contributed by atoms with Gasteiger partial charge in [-0.1, -0.05) is 19.3 Å². The fourth-order valence-corrected chi connectivity index (χ4v) is 4.43. The second-order valence-corrected chi connectivity index (χ2v) is 7.91. The van der Waals surface area contributed by atoms with Crippen LogP contribution in [0.1, 0.15) is 44.9 Å². The zero-order valence-corrected chi connectivity index (χ0v) is 14.3. The van der Waals surface area contributed by atoms with Gasteiger partial charge in [0.1, 0.15) is 5.82 Å². The van der Waals surface area contributed by atoms with Gasteiger partial charge >= 0.3 is 0 Å². The van der Waals surface area contributed by atoms with Crippen molar-refractivity contribution in [2.75, 3.05) is 12.4 Å². The van der Waals surface area contributed by atoms with Crippen LogP contribution in [0.25, 0.3) is 0 Å². The first kappa shape index (κ1) is 16.8. The number of nitrogens with one attached hydrogen (secondary N) is 1. The van der Waals surface area contributed by atoms with E-state index in [0.29, 0.717) is 24.8 Å². The molecule has 1 aromatic rings. The predicted molar refractivity (Wildman–Crippen MR) is 84.1 cm³/mol. The molecule has 7 heteroatoms. The van der Waals surface area contributed by atoms with Crippen LogP contribution in [-0.2, 0) is 16.6 Å². The highest BCUT2D eigenvalue weighted by Crippen LogP contribution is 2.37. The molecule has 120 valence electrons. The Morgan fingerprint density at radius 3 is 2.57 bits per heavy atom. The second-order valence-electron chi connectivity index (χ2n) is 5.93. The molecule has 1 aromatic heterocycles. The molecule has 1 aliphatic carbocycles. The molecular weight excluding hydrogens is 310 g/mol. The summed E-state index contributed by atoms with van der Waals surface area (Å²) in [4.78, 5) is 4.14. The van der Waals surface area contributed by atoms with Crippen molar-refractivity contribution in [3.05, 3.63) is 12.0 Å². The fraction of sp³-hybridized carbons (Fsp3) is 0.786. The van der Waals surface area contributed by atoms with E-state index in [2.05, 4.69) is 9.71 Å². The van der Waals surface area contributed by atoms with E-state index >= 15 is 0 Å². The number of hydrogen-bond donors (Lipinski definition) is 1. The lowest BCUT2D eigenvalue weighted by atomic mass is 9.76. The molecular formula is C14H24ClN3O2S. The van der Waals surface area contributed by atoms with E-state index in [1.807, 2.05) is 18.4 Å². The van der Waals surface area contributed by atoms with Gasteiger partial charge in [-0.2, -0.15) is 0 Å². The molecule has 0 spiro atoms. The van der Waals surface area contributed by atoms with Crippen LogP contribution in [0.5, 0.6) is 0 Å². The maximum absolute atomic E-state index is 12.4. The fourth-order valence-electron chi connectivity index (χ4n) is 2.91. The van der Waals surface area contributed by atoms with Gasteiger partial charge in [-0.3, -0.25) is 0 Å². The summed E-state index contributed by atoms with van der Waals surface area (Å²) in [5.41, 5.74) is -0.102. The third-order valence-corrected chi connectivity index (χ3v) is 6.24. The van der Waals surface area contributed by atoms with E-state index < -0.39 is 10.0 Å². The Kier molecular flexibility index (Phi) is 5.33. The average Bonchev–Trinajstić information content (AvgIpc) is 2.88. The number of alkyl halides is 1. The first-order chi connectivity index (χ1) is 9.92. The Balaban J connectivity index is 2.09. The van der Waals surface area contributed by atoms with Gasteiger partial charge in [-0.25, -0.2) is 18.1 Å². The lowest BCUT2D eigenvalue weighted by Crippen LogP contribution is -2.40. The van der Waals surface area contributed by atoms with Gasteiger partial charge in [-0.05, 0) is 32.1 Å². The molecule has 0 radical (unpaired) electrons. The molecule has 0 unspecified atom stereocenters. The van der Waals surface area contributed by atoms with E-state index in [9.17, 15) is 8.42 Å². The van der Waals surface area contributed by atoms with E-state index in [4.69, 9.17) is 11.6 Å². The largest absolute Gasteiger partial charge is 0.334 e. The molecule has 0 amide bonds. The summed E-state index contributed by atoms with van der Waals surface area (Å²) in [6.07, 6.45) is 7.02. The summed E-state index contributed by atoms with van der Waals surface area (Å²) in [7, 11) is -3.56. The van der Waals surface area contributed by atoms with Gasteiger partial charge in [-0.15, -0.1) is 11.6 Å². The van der Waals surface area contributed by atoms with Gasteiger partial charge in [0.15, 0.2) is 5.03 Å². The normalized spacial score (nSPS) is 18.8. The van der Waals surface area contributed by atoms with Crippen molar-refractivity contribution in [1.29, 1.82) is 0 Å². The van der Waals surface area contributed by atoms with Crippen LogP contribution in [-0.4, -0.2) is 30.4 Å². The maximum Gasteiger partial charge on any atom is 0.259 e. The Bertz CT molecular complexity index is 577. The SMILES string of the molecule is CCn1cc(S(=O)(=O)NCC2(CCl)CCCCC2)nc1C. The summed E-state index contributed by atoms with van der Waals surface area (Å²) in [5, 5.41) is 0.0994. The molecule has 0 aromatic carbocycles. The molecule has 5 nitrogen and oxygen atoms in total. The zero-order valence-electron chi connectivity index (χ0n) is 12.7. The highest BCUT2D eigenvalue weighted by Gasteiger charge is 2.33. The van der Waals surface area contributed by atoms with Crippen molar-refractivity contribution in [3.63, 3.8) is 0 Å². The molecule has 0 aliphatic heterocycles. The van der Waals surface area contributed by atoms with Crippen molar-refractivity contribution >= 4 is 21.6 Å². The summed E-state index contributed by atoms with van der Waals surface area (Å²) in [6.45, 7) is 4.88. The first-order valence-corrected chi connectivity index (χ1v) is 9.54. The maximum atomic E-state index is 12.4. The van der Waals surface area contributed by atoms with E-state index in [1.165, 1.54) is 6.42 Å². The number of rotatable bonds is 6. The van der Waals surface area contributed by atoms with Gasteiger partial charge < -0.3 is 4.57 Å². The number of nitrogens with zero attached hydrogens (tertiary/aromatic N) is 2. The van der Waals surface area contributed by atoms with Gasteiger partial charge in [0.2, 0.25) is 0 Å². The number of halogens is 1. The highest BCUT2D eigenvalue weighted by atomic mass is 35.5. The van der Waals surface area contributed by atoms with E-state index in [0.717, 1.165) is 25.7 Å². The van der Waals surface area contributed by atoms with E-state index in [-0.39, 0.29) is 10.4 Å². The van der Waals surface area contributed by atoms with Crippen molar-refractivity contribution in [1.82, 2.24) is 14.3 Å². The zero-order chi connectivity index (χ0) is 15.5. The number of aryl methyl sites for hydroxylation is 2. The molecule has 0 saturated heterocycles. The van der Waals surface area contributed by atoms with Crippen LogP contribution < -0.4 is 4.72 Å².